The highest BCUT2D eigenvalue weighted by Gasteiger charge is 2.30. The van der Waals surface area contributed by atoms with Gasteiger partial charge in [0.05, 0.1) is 5.52 Å². The van der Waals surface area contributed by atoms with Crippen molar-refractivity contribution in [3.63, 3.8) is 0 Å². The van der Waals surface area contributed by atoms with Crippen molar-refractivity contribution in [2.24, 2.45) is 17.8 Å². The third kappa shape index (κ3) is 4.10. The van der Waals surface area contributed by atoms with Crippen LogP contribution >= 0.6 is 23.6 Å². The first-order chi connectivity index (χ1) is 13.5. The maximum atomic E-state index is 12.7. The van der Waals surface area contributed by atoms with Crippen LogP contribution in [0.25, 0.3) is 10.2 Å². The van der Waals surface area contributed by atoms with Crippen LogP contribution < -0.4 is 10.9 Å². The van der Waals surface area contributed by atoms with Gasteiger partial charge in [0, 0.05) is 18.5 Å². The molecule has 2 aliphatic carbocycles. The first-order valence-electron chi connectivity index (χ1n) is 10.5. The first kappa shape index (κ1) is 19.8. The monoisotopic (exact) mass is 419 g/mol. The second kappa shape index (κ2) is 8.49. The lowest BCUT2D eigenvalue weighted by molar-refractivity contribution is -0.127. The molecule has 0 radical (unpaired) electrons. The van der Waals surface area contributed by atoms with E-state index in [0.29, 0.717) is 29.2 Å². The van der Waals surface area contributed by atoms with Gasteiger partial charge in [0.1, 0.15) is 4.70 Å². The summed E-state index contributed by atoms with van der Waals surface area (Å²) >= 11 is 6.87. The van der Waals surface area contributed by atoms with E-state index in [1.165, 1.54) is 30.6 Å². The van der Waals surface area contributed by atoms with E-state index in [1.807, 2.05) is 11.4 Å². The quantitative estimate of drug-likeness (QED) is 0.711. The summed E-state index contributed by atoms with van der Waals surface area (Å²) in [7, 11) is 0. The number of fused-ring (bicyclic) bond motifs is 1. The minimum atomic E-state index is 0.0138. The maximum absolute atomic E-state index is 12.7. The number of carbonyl (C=O) groups excluding carboxylic acids is 1. The van der Waals surface area contributed by atoms with E-state index in [-0.39, 0.29) is 17.4 Å². The lowest BCUT2D eigenvalue weighted by atomic mass is 9.80. The van der Waals surface area contributed by atoms with Gasteiger partial charge in [-0.3, -0.25) is 14.2 Å². The van der Waals surface area contributed by atoms with Crippen molar-refractivity contribution >= 4 is 39.7 Å². The number of aromatic amines is 1. The average Bonchev–Trinajstić information content (AvgIpc) is 3.16. The Bertz CT molecular complexity index is 952. The molecule has 2 aromatic heterocycles. The molecule has 2 fully saturated rings. The molecule has 28 heavy (non-hydrogen) atoms. The van der Waals surface area contributed by atoms with Crippen molar-refractivity contribution in [2.75, 3.05) is 0 Å². The van der Waals surface area contributed by atoms with E-state index in [0.717, 1.165) is 42.3 Å². The molecule has 1 amide bonds. The topological polar surface area (TPSA) is 66.9 Å². The number of amides is 1. The summed E-state index contributed by atoms with van der Waals surface area (Å²) < 4.78 is 2.95. The Balaban J connectivity index is 1.35. The highest BCUT2D eigenvalue weighted by atomic mass is 32.1. The second-order valence-electron chi connectivity index (χ2n) is 8.60. The van der Waals surface area contributed by atoms with Gasteiger partial charge in [0.25, 0.3) is 5.56 Å². The average molecular weight is 420 g/mol. The smallest absolute Gasteiger partial charge is 0.272 e. The molecule has 0 bridgehead atoms. The number of carbonyl (C=O) groups is 1. The van der Waals surface area contributed by atoms with Crippen molar-refractivity contribution in [3.05, 3.63) is 26.6 Å². The molecular weight excluding hydrogens is 390 g/mol. The molecule has 0 spiro atoms. The number of thiophene rings is 1. The number of H-pyrrole nitrogens is 1. The zero-order valence-electron chi connectivity index (χ0n) is 16.4. The summed E-state index contributed by atoms with van der Waals surface area (Å²) in [4.78, 5) is 28.6. The molecule has 0 aliphatic heterocycles. The zero-order valence-corrected chi connectivity index (χ0v) is 18.0. The molecule has 2 N–H and O–H groups in total. The normalized spacial score (nSPS) is 28.3. The highest BCUT2D eigenvalue weighted by molar-refractivity contribution is 7.71. The number of nitrogens with zero attached hydrogens (tertiary/aromatic N) is 1. The van der Waals surface area contributed by atoms with E-state index in [9.17, 15) is 9.59 Å². The van der Waals surface area contributed by atoms with E-state index >= 15 is 0 Å². The maximum Gasteiger partial charge on any atom is 0.272 e. The molecule has 2 aliphatic rings. The molecule has 0 saturated heterocycles. The molecule has 4 rings (SSSR count). The summed E-state index contributed by atoms with van der Waals surface area (Å²) in [5, 5.41) is 5.24. The van der Waals surface area contributed by atoms with Crippen LogP contribution in [0.2, 0.25) is 0 Å². The standard InChI is InChI=1S/C21H29N3O2S2/c1-13-4-2-3-5-16(13)22-19(25)15-8-6-14(7-9-15)12-24-20(26)18-17(10-11-28-18)23-21(24)27/h10-11,13-16H,2-9,12H2,1H3,(H,22,25)(H,23,27)/t13-,14?,15?,16+/m0/s1. The van der Waals surface area contributed by atoms with Gasteiger partial charge in [-0.2, -0.15) is 0 Å². The van der Waals surface area contributed by atoms with Crippen LogP contribution in [-0.4, -0.2) is 21.5 Å². The minimum absolute atomic E-state index is 0.0138. The number of hydrogen-bond acceptors (Lipinski definition) is 4. The van der Waals surface area contributed by atoms with Gasteiger partial charge in [0.2, 0.25) is 5.91 Å². The molecule has 152 valence electrons. The number of nitrogens with one attached hydrogen (secondary N) is 2. The van der Waals surface area contributed by atoms with Crippen molar-refractivity contribution in [1.82, 2.24) is 14.9 Å². The van der Waals surface area contributed by atoms with Crippen LogP contribution in [0.3, 0.4) is 0 Å². The Morgan fingerprint density at radius 1 is 1.25 bits per heavy atom. The van der Waals surface area contributed by atoms with Gasteiger partial charge >= 0.3 is 0 Å². The Kier molecular flexibility index (Phi) is 6.01. The van der Waals surface area contributed by atoms with Crippen molar-refractivity contribution in [3.8, 4) is 0 Å². The fourth-order valence-electron chi connectivity index (χ4n) is 4.83. The Hall–Kier alpha value is -1.47. The summed E-state index contributed by atoms with van der Waals surface area (Å²) in [6.07, 6.45) is 8.62. The predicted molar refractivity (Wildman–Crippen MR) is 116 cm³/mol. The van der Waals surface area contributed by atoms with Crippen LogP contribution in [0, 0.1) is 22.5 Å². The molecule has 2 saturated carbocycles. The highest BCUT2D eigenvalue weighted by Crippen LogP contribution is 2.31. The zero-order chi connectivity index (χ0) is 19.7. The largest absolute Gasteiger partial charge is 0.353 e. The van der Waals surface area contributed by atoms with E-state index in [1.54, 1.807) is 4.57 Å². The fourth-order valence-corrected chi connectivity index (χ4v) is 5.90. The molecular formula is C21H29N3O2S2. The molecule has 0 unspecified atom stereocenters. The Morgan fingerprint density at radius 3 is 2.75 bits per heavy atom. The fraction of sp³-hybridized carbons (Fsp3) is 0.667. The summed E-state index contributed by atoms with van der Waals surface area (Å²) in [6, 6.07) is 2.26. The third-order valence-corrected chi connectivity index (χ3v) is 7.91. The SMILES string of the molecule is C[C@H]1CCCC[C@H]1NC(=O)C1CCC(Cn2c(=S)[nH]c3ccsc3c2=O)CC1. The summed E-state index contributed by atoms with van der Waals surface area (Å²) in [6.45, 7) is 2.91. The molecule has 7 heteroatoms. The van der Waals surface area contributed by atoms with Crippen LogP contribution in [0.15, 0.2) is 16.2 Å². The van der Waals surface area contributed by atoms with Crippen LogP contribution in [0.5, 0.6) is 0 Å². The lowest BCUT2D eigenvalue weighted by Gasteiger charge is -2.33. The number of aromatic nitrogens is 2. The van der Waals surface area contributed by atoms with Gasteiger partial charge < -0.3 is 10.3 Å². The van der Waals surface area contributed by atoms with Crippen LogP contribution in [-0.2, 0) is 11.3 Å². The Morgan fingerprint density at radius 2 is 2.00 bits per heavy atom. The van der Waals surface area contributed by atoms with Gasteiger partial charge in [-0.15, -0.1) is 11.3 Å². The second-order valence-corrected chi connectivity index (χ2v) is 9.91. The van der Waals surface area contributed by atoms with E-state index < -0.39 is 0 Å². The summed E-state index contributed by atoms with van der Waals surface area (Å²) in [5.74, 6) is 1.36. The van der Waals surface area contributed by atoms with Gasteiger partial charge in [-0.05, 0) is 74.0 Å². The lowest BCUT2D eigenvalue weighted by Crippen LogP contribution is -2.44. The van der Waals surface area contributed by atoms with Gasteiger partial charge in [-0.1, -0.05) is 19.8 Å². The summed E-state index contributed by atoms with van der Waals surface area (Å²) in [5.41, 5.74) is 0.841. The molecule has 2 aromatic rings. The van der Waals surface area contributed by atoms with Gasteiger partial charge in [0.15, 0.2) is 4.77 Å². The predicted octanol–water partition coefficient (Wildman–Crippen LogP) is 4.62. The number of rotatable bonds is 4. The first-order valence-corrected chi connectivity index (χ1v) is 11.8. The van der Waals surface area contributed by atoms with Crippen molar-refractivity contribution in [1.29, 1.82) is 0 Å². The minimum Gasteiger partial charge on any atom is -0.353 e. The molecule has 5 nitrogen and oxygen atoms in total. The third-order valence-electron chi connectivity index (χ3n) is 6.69. The van der Waals surface area contributed by atoms with Crippen LogP contribution in [0.1, 0.15) is 58.3 Å². The molecule has 2 heterocycles. The molecule has 2 atom stereocenters. The van der Waals surface area contributed by atoms with Crippen molar-refractivity contribution in [2.45, 2.75) is 70.9 Å². The van der Waals surface area contributed by atoms with E-state index in [2.05, 4.69) is 17.2 Å². The van der Waals surface area contributed by atoms with Crippen molar-refractivity contribution < 1.29 is 4.79 Å². The molecule has 0 aromatic carbocycles. The Labute approximate surface area is 174 Å². The number of hydrogen-bond donors (Lipinski definition) is 2. The van der Waals surface area contributed by atoms with E-state index in [4.69, 9.17) is 12.2 Å². The van der Waals surface area contributed by atoms with Crippen LogP contribution in [0.4, 0.5) is 0 Å². The van der Waals surface area contributed by atoms with Gasteiger partial charge in [-0.25, -0.2) is 0 Å².